The monoisotopic (exact) mass is 321 g/mol. The van der Waals surface area contributed by atoms with Crippen LogP contribution in [0.25, 0.3) is 0 Å². The highest BCUT2D eigenvalue weighted by atomic mass is 35.5. The summed E-state index contributed by atoms with van der Waals surface area (Å²) in [5.74, 6) is 0. The number of hydrogen-bond donors (Lipinski definition) is 1. The number of rotatable bonds is 7. The zero-order chi connectivity index (χ0) is 15.5. The minimum atomic E-state index is -3.11. The minimum Gasteiger partial charge on any atom is -0.313 e. The number of hydrogen-bond acceptors (Lipinski definition) is 4. The fraction of sp³-hybridized carbons (Fsp3) is 0.769. The molecule has 1 N–H and O–H groups in total. The Bertz CT molecular complexity index is 554. The molecule has 0 amide bonds. The third kappa shape index (κ3) is 3.96. The molecule has 1 rings (SSSR count). The van der Waals surface area contributed by atoms with Crippen molar-refractivity contribution in [3.8, 4) is 0 Å². The average Bonchev–Trinajstić information content (AvgIpc) is 2.63. The van der Waals surface area contributed by atoms with Crippen LogP contribution in [0.5, 0.6) is 0 Å². The summed E-state index contributed by atoms with van der Waals surface area (Å²) in [7, 11) is -3.11. The Labute approximate surface area is 126 Å². The lowest BCUT2D eigenvalue weighted by atomic mass is 10.1. The Hall–Kier alpha value is -0.590. The molecule has 0 spiro atoms. The minimum absolute atomic E-state index is 0.172. The number of aromatic nitrogens is 2. The van der Waals surface area contributed by atoms with Crippen molar-refractivity contribution >= 4 is 21.4 Å². The zero-order valence-corrected chi connectivity index (χ0v) is 14.3. The van der Waals surface area contributed by atoms with E-state index in [4.69, 9.17) is 11.6 Å². The Morgan fingerprint density at radius 2 is 2.00 bits per heavy atom. The largest absolute Gasteiger partial charge is 0.313 e. The van der Waals surface area contributed by atoms with Gasteiger partial charge in [-0.2, -0.15) is 5.10 Å². The van der Waals surface area contributed by atoms with E-state index in [-0.39, 0.29) is 6.04 Å². The molecule has 0 saturated carbocycles. The highest BCUT2D eigenvalue weighted by Crippen LogP contribution is 2.23. The molecule has 0 radical (unpaired) electrons. The predicted octanol–water partition coefficient (Wildman–Crippen LogP) is 1.82. The summed E-state index contributed by atoms with van der Waals surface area (Å²) >= 11 is 6.30. The van der Waals surface area contributed by atoms with Gasteiger partial charge in [0.1, 0.15) is 0 Å². The van der Waals surface area contributed by atoms with Gasteiger partial charge in [-0.05, 0) is 27.3 Å². The van der Waals surface area contributed by atoms with E-state index >= 15 is 0 Å². The van der Waals surface area contributed by atoms with Crippen LogP contribution in [-0.2, 0) is 22.8 Å². The van der Waals surface area contributed by atoms with Crippen LogP contribution < -0.4 is 5.32 Å². The van der Waals surface area contributed by atoms with Crippen molar-refractivity contribution in [2.45, 2.75) is 52.0 Å². The summed E-state index contributed by atoms with van der Waals surface area (Å²) < 4.78 is 25.4. The van der Waals surface area contributed by atoms with E-state index in [2.05, 4.69) is 10.4 Å². The number of halogens is 1. The lowest BCUT2D eigenvalue weighted by Gasteiger charge is -2.24. The first kappa shape index (κ1) is 17.5. The topological polar surface area (TPSA) is 64.0 Å². The number of nitrogens with one attached hydrogen (secondary N) is 1. The molecule has 1 heterocycles. The fourth-order valence-corrected chi connectivity index (χ4v) is 3.24. The molecule has 7 heteroatoms. The van der Waals surface area contributed by atoms with Gasteiger partial charge in [-0.3, -0.25) is 4.68 Å². The van der Waals surface area contributed by atoms with Crippen LogP contribution in [0.1, 0.15) is 32.2 Å². The van der Waals surface area contributed by atoms with Crippen LogP contribution in [-0.4, -0.2) is 42.3 Å². The quantitative estimate of drug-likeness (QED) is 0.832. The predicted molar refractivity (Wildman–Crippen MR) is 83.1 cm³/mol. The van der Waals surface area contributed by atoms with Crippen LogP contribution in [0, 0.1) is 6.92 Å². The van der Waals surface area contributed by atoms with Crippen molar-refractivity contribution in [2.75, 3.05) is 12.8 Å². The van der Waals surface area contributed by atoms with Gasteiger partial charge in [0.2, 0.25) is 0 Å². The first-order chi connectivity index (χ1) is 9.22. The second-order valence-electron chi connectivity index (χ2n) is 5.06. The number of nitrogens with zero attached hydrogens (tertiary/aromatic N) is 2. The molecule has 0 aliphatic carbocycles. The summed E-state index contributed by atoms with van der Waals surface area (Å²) in [5.41, 5.74) is 1.68. The van der Waals surface area contributed by atoms with Gasteiger partial charge in [0, 0.05) is 25.3 Å². The number of aryl methyl sites for hydroxylation is 2. The standard InChI is InChI=1S/C13H24ClN3O2S/c1-6-15-11(10(4)20(5,18)19)8-12-13(14)9(3)16-17(12)7-2/h10-11,15H,6-8H2,1-5H3. The van der Waals surface area contributed by atoms with E-state index in [1.165, 1.54) is 6.26 Å². The summed E-state index contributed by atoms with van der Waals surface area (Å²) in [6.45, 7) is 8.98. The van der Waals surface area contributed by atoms with Crippen molar-refractivity contribution in [3.63, 3.8) is 0 Å². The number of sulfone groups is 1. The van der Waals surface area contributed by atoms with Crippen molar-refractivity contribution in [2.24, 2.45) is 0 Å². The van der Waals surface area contributed by atoms with Gasteiger partial charge in [0.25, 0.3) is 0 Å². The fourth-order valence-electron chi connectivity index (χ4n) is 2.24. The SMILES string of the molecule is CCNC(Cc1c(Cl)c(C)nn1CC)C(C)S(C)(=O)=O. The molecule has 0 saturated heterocycles. The Balaban J connectivity index is 3.08. The molecule has 0 fully saturated rings. The maximum Gasteiger partial charge on any atom is 0.151 e. The lowest BCUT2D eigenvalue weighted by molar-refractivity contribution is 0.476. The third-order valence-corrected chi connectivity index (χ3v) is 5.75. The second-order valence-corrected chi connectivity index (χ2v) is 7.85. The molecule has 0 aliphatic heterocycles. The van der Waals surface area contributed by atoms with Gasteiger partial charge < -0.3 is 5.32 Å². The van der Waals surface area contributed by atoms with Crippen LogP contribution >= 0.6 is 11.6 Å². The molecule has 0 aliphatic rings. The summed E-state index contributed by atoms with van der Waals surface area (Å²) in [4.78, 5) is 0. The Kier molecular flexibility index (Phi) is 6.04. The van der Waals surface area contributed by atoms with Gasteiger partial charge in [-0.15, -0.1) is 0 Å². The van der Waals surface area contributed by atoms with Gasteiger partial charge in [0.05, 0.1) is 21.7 Å². The van der Waals surface area contributed by atoms with E-state index in [0.717, 1.165) is 17.9 Å². The van der Waals surface area contributed by atoms with E-state index in [1.807, 2.05) is 25.5 Å². The molecule has 116 valence electrons. The molecule has 1 aromatic heterocycles. The van der Waals surface area contributed by atoms with Crippen molar-refractivity contribution in [1.82, 2.24) is 15.1 Å². The van der Waals surface area contributed by atoms with Gasteiger partial charge in [0.15, 0.2) is 9.84 Å². The molecule has 1 aromatic rings. The maximum atomic E-state index is 11.8. The zero-order valence-electron chi connectivity index (χ0n) is 12.8. The molecule has 5 nitrogen and oxygen atoms in total. The normalized spacial score (nSPS) is 15.3. The first-order valence-electron chi connectivity index (χ1n) is 6.86. The van der Waals surface area contributed by atoms with E-state index in [0.29, 0.717) is 18.0 Å². The van der Waals surface area contributed by atoms with E-state index < -0.39 is 15.1 Å². The molecular weight excluding hydrogens is 298 g/mol. The maximum absolute atomic E-state index is 11.8. The Morgan fingerprint density at radius 1 is 1.40 bits per heavy atom. The van der Waals surface area contributed by atoms with Crippen molar-refractivity contribution < 1.29 is 8.42 Å². The Morgan fingerprint density at radius 3 is 2.45 bits per heavy atom. The van der Waals surface area contributed by atoms with Gasteiger partial charge >= 0.3 is 0 Å². The molecule has 20 heavy (non-hydrogen) atoms. The van der Waals surface area contributed by atoms with Gasteiger partial charge in [-0.25, -0.2) is 8.42 Å². The molecule has 0 aromatic carbocycles. The first-order valence-corrected chi connectivity index (χ1v) is 9.19. The van der Waals surface area contributed by atoms with Crippen LogP contribution in [0.15, 0.2) is 0 Å². The molecule has 2 atom stereocenters. The average molecular weight is 322 g/mol. The molecular formula is C13H24ClN3O2S. The summed E-state index contributed by atoms with van der Waals surface area (Å²) in [5, 5.41) is 7.78. The third-order valence-electron chi connectivity index (χ3n) is 3.57. The van der Waals surface area contributed by atoms with Crippen molar-refractivity contribution in [1.29, 1.82) is 0 Å². The smallest absolute Gasteiger partial charge is 0.151 e. The summed E-state index contributed by atoms with van der Waals surface area (Å²) in [6, 6.07) is -0.172. The van der Waals surface area contributed by atoms with Crippen LogP contribution in [0.4, 0.5) is 0 Å². The highest BCUT2D eigenvalue weighted by molar-refractivity contribution is 7.91. The molecule has 0 bridgehead atoms. The van der Waals surface area contributed by atoms with Crippen molar-refractivity contribution in [3.05, 3.63) is 16.4 Å². The second kappa shape index (κ2) is 6.91. The highest BCUT2D eigenvalue weighted by Gasteiger charge is 2.27. The van der Waals surface area contributed by atoms with Crippen LogP contribution in [0.2, 0.25) is 5.02 Å². The molecule has 2 unspecified atom stereocenters. The number of likely N-dealkylation sites (N-methyl/N-ethyl adjacent to an activating group) is 1. The van der Waals surface area contributed by atoms with E-state index in [1.54, 1.807) is 6.92 Å². The van der Waals surface area contributed by atoms with Crippen LogP contribution in [0.3, 0.4) is 0 Å². The van der Waals surface area contributed by atoms with E-state index in [9.17, 15) is 8.42 Å². The lowest BCUT2D eigenvalue weighted by Crippen LogP contribution is -2.44. The van der Waals surface area contributed by atoms with Gasteiger partial charge in [-0.1, -0.05) is 18.5 Å². The summed E-state index contributed by atoms with van der Waals surface area (Å²) in [6.07, 6.45) is 1.82.